The first kappa shape index (κ1) is 21.9. The van der Waals surface area contributed by atoms with Gasteiger partial charge >= 0.3 is 5.97 Å². The zero-order chi connectivity index (χ0) is 22.9. The molecule has 3 aromatic rings. The van der Waals surface area contributed by atoms with E-state index in [1.54, 1.807) is 18.2 Å². The van der Waals surface area contributed by atoms with Gasteiger partial charge in [0.05, 0.1) is 6.04 Å². The third-order valence-electron chi connectivity index (χ3n) is 6.06. The first-order valence-corrected chi connectivity index (χ1v) is 10.8. The molecule has 0 aliphatic carbocycles. The Morgan fingerprint density at radius 1 is 1.03 bits per heavy atom. The number of hydrogen-bond acceptors (Lipinski definition) is 4. The predicted octanol–water partition coefficient (Wildman–Crippen LogP) is 6.51. The third kappa shape index (κ3) is 4.20. The first-order valence-electron chi connectivity index (χ1n) is 10.8. The van der Waals surface area contributed by atoms with Crippen LogP contribution in [0.3, 0.4) is 0 Å². The Kier molecular flexibility index (Phi) is 5.92. The topological polar surface area (TPSA) is 47.6 Å². The minimum absolute atomic E-state index is 0.125. The summed E-state index contributed by atoms with van der Waals surface area (Å²) < 4.78 is 26.0. The smallest absolute Gasteiger partial charge is 0.303 e. The molecule has 1 heterocycles. The maximum Gasteiger partial charge on any atom is 0.303 e. The summed E-state index contributed by atoms with van der Waals surface area (Å²) in [6, 6.07) is 20.3. The normalized spacial score (nSPS) is 18.9. The molecule has 5 heteroatoms. The number of halogens is 1. The Morgan fingerprint density at radius 3 is 2.50 bits per heavy atom. The predicted molar refractivity (Wildman–Crippen MR) is 123 cm³/mol. The standard InChI is InChI=1S/C27H28FNO3/c1-17-13-14-23-21(15-17)26(32-18(2)30)27(3,4)25(29-23)20-10-6-8-12-24(20)31-16-19-9-5-7-11-22(19)28/h5-15,25-26,29H,16H2,1-4H3/t25-,26+/m1/s1. The van der Waals surface area contributed by atoms with Crippen molar-refractivity contribution in [1.29, 1.82) is 0 Å². The number of rotatable bonds is 5. The molecule has 1 N–H and O–H groups in total. The van der Waals surface area contributed by atoms with Crippen molar-refractivity contribution < 1.29 is 18.7 Å². The van der Waals surface area contributed by atoms with Crippen molar-refractivity contribution in [2.24, 2.45) is 5.41 Å². The molecule has 1 aliphatic rings. The van der Waals surface area contributed by atoms with Gasteiger partial charge in [-0.05, 0) is 25.1 Å². The van der Waals surface area contributed by atoms with Gasteiger partial charge in [-0.1, -0.05) is 67.9 Å². The van der Waals surface area contributed by atoms with Gasteiger partial charge in [0.25, 0.3) is 0 Å². The largest absolute Gasteiger partial charge is 0.488 e. The van der Waals surface area contributed by atoms with E-state index >= 15 is 0 Å². The number of nitrogens with one attached hydrogen (secondary N) is 1. The van der Waals surface area contributed by atoms with E-state index in [9.17, 15) is 9.18 Å². The van der Waals surface area contributed by atoms with E-state index < -0.39 is 11.5 Å². The lowest BCUT2D eigenvalue weighted by Gasteiger charge is -2.46. The second-order valence-corrected chi connectivity index (χ2v) is 8.90. The van der Waals surface area contributed by atoms with Crippen LogP contribution in [0.25, 0.3) is 0 Å². The molecule has 3 aromatic carbocycles. The van der Waals surface area contributed by atoms with Crippen molar-refractivity contribution in [3.63, 3.8) is 0 Å². The van der Waals surface area contributed by atoms with E-state index in [2.05, 4.69) is 25.2 Å². The Hall–Kier alpha value is -3.34. The number of aryl methyl sites for hydroxylation is 1. The zero-order valence-electron chi connectivity index (χ0n) is 18.8. The van der Waals surface area contributed by atoms with Crippen molar-refractivity contribution in [2.75, 3.05) is 5.32 Å². The number of benzene rings is 3. The molecule has 0 radical (unpaired) electrons. The Balaban J connectivity index is 1.72. The van der Waals surface area contributed by atoms with Crippen LogP contribution in [0.15, 0.2) is 66.7 Å². The highest BCUT2D eigenvalue weighted by molar-refractivity contribution is 5.68. The van der Waals surface area contributed by atoms with E-state index in [1.165, 1.54) is 13.0 Å². The number of ether oxygens (including phenoxy) is 2. The number of carbonyl (C=O) groups excluding carboxylic acids is 1. The molecule has 0 amide bonds. The second kappa shape index (κ2) is 8.65. The lowest BCUT2D eigenvalue weighted by molar-refractivity contribution is -0.154. The van der Waals surface area contributed by atoms with Crippen molar-refractivity contribution in [3.8, 4) is 5.75 Å². The molecule has 0 saturated heterocycles. The van der Waals surface area contributed by atoms with Gasteiger partial charge in [-0.2, -0.15) is 0 Å². The Labute approximate surface area is 188 Å². The third-order valence-corrected chi connectivity index (χ3v) is 6.06. The highest BCUT2D eigenvalue weighted by atomic mass is 19.1. The SMILES string of the molecule is CC(=O)O[C@H]1c2cc(C)ccc2N[C@H](c2ccccc2OCc2ccccc2F)C1(C)C. The van der Waals surface area contributed by atoms with Crippen molar-refractivity contribution in [2.45, 2.75) is 46.4 Å². The number of fused-ring (bicyclic) bond motifs is 1. The number of esters is 1. The van der Waals surface area contributed by atoms with Gasteiger partial charge in [0, 0.05) is 34.7 Å². The van der Waals surface area contributed by atoms with Crippen molar-refractivity contribution in [1.82, 2.24) is 0 Å². The number of anilines is 1. The van der Waals surface area contributed by atoms with E-state index in [4.69, 9.17) is 9.47 Å². The summed E-state index contributed by atoms with van der Waals surface area (Å²) in [5, 5.41) is 3.64. The van der Waals surface area contributed by atoms with E-state index in [1.807, 2.05) is 43.3 Å². The van der Waals surface area contributed by atoms with Crippen molar-refractivity contribution in [3.05, 3.63) is 94.8 Å². The second-order valence-electron chi connectivity index (χ2n) is 8.90. The van der Waals surface area contributed by atoms with Crippen LogP contribution in [0, 0.1) is 18.2 Å². The fourth-order valence-corrected chi connectivity index (χ4v) is 4.41. The monoisotopic (exact) mass is 433 g/mol. The molecule has 166 valence electrons. The fourth-order valence-electron chi connectivity index (χ4n) is 4.41. The van der Waals surface area contributed by atoms with Crippen LogP contribution >= 0.6 is 0 Å². The number of carbonyl (C=O) groups is 1. The average molecular weight is 434 g/mol. The highest BCUT2D eigenvalue weighted by Crippen LogP contribution is 2.54. The van der Waals surface area contributed by atoms with Gasteiger partial charge in [0.15, 0.2) is 0 Å². The van der Waals surface area contributed by atoms with Gasteiger partial charge in [0.1, 0.15) is 24.3 Å². The molecule has 4 rings (SSSR count). The maximum atomic E-state index is 14.1. The molecular formula is C27H28FNO3. The summed E-state index contributed by atoms with van der Waals surface area (Å²) in [5.74, 6) is 0.0547. The van der Waals surface area contributed by atoms with Crippen LogP contribution in [0.1, 0.15) is 55.2 Å². The lowest BCUT2D eigenvalue weighted by Crippen LogP contribution is -2.40. The quantitative estimate of drug-likeness (QED) is 0.466. The summed E-state index contributed by atoms with van der Waals surface area (Å²) in [5.41, 5.74) is 3.94. The molecule has 2 atom stereocenters. The molecule has 0 saturated carbocycles. The maximum absolute atomic E-state index is 14.1. The number of para-hydroxylation sites is 1. The van der Waals surface area contributed by atoms with Crippen LogP contribution < -0.4 is 10.1 Å². The Morgan fingerprint density at radius 2 is 1.75 bits per heavy atom. The fraction of sp³-hybridized carbons (Fsp3) is 0.296. The summed E-state index contributed by atoms with van der Waals surface area (Å²) in [4.78, 5) is 12.0. The molecule has 0 unspecified atom stereocenters. The molecule has 0 bridgehead atoms. The summed E-state index contributed by atoms with van der Waals surface area (Å²) in [6.45, 7) is 7.75. The molecule has 0 fully saturated rings. The van der Waals surface area contributed by atoms with Crippen LogP contribution in [0.2, 0.25) is 0 Å². The average Bonchev–Trinajstić information content (AvgIpc) is 2.75. The Bertz CT molecular complexity index is 1140. The molecule has 32 heavy (non-hydrogen) atoms. The van der Waals surface area contributed by atoms with Crippen LogP contribution in [-0.2, 0) is 16.1 Å². The zero-order valence-corrected chi connectivity index (χ0v) is 18.8. The summed E-state index contributed by atoms with van der Waals surface area (Å²) in [6.07, 6.45) is -0.430. The minimum atomic E-state index is -0.482. The first-order chi connectivity index (χ1) is 15.3. The van der Waals surface area contributed by atoms with Crippen molar-refractivity contribution >= 4 is 11.7 Å². The lowest BCUT2D eigenvalue weighted by atomic mass is 9.70. The van der Waals surface area contributed by atoms with Crippen LogP contribution in [0.4, 0.5) is 10.1 Å². The van der Waals surface area contributed by atoms with Gasteiger partial charge in [-0.3, -0.25) is 4.79 Å². The van der Waals surface area contributed by atoms with Gasteiger partial charge in [-0.15, -0.1) is 0 Å². The summed E-state index contributed by atoms with van der Waals surface area (Å²) >= 11 is 0. The molecule has 0 spiro atoms. The van der Waals surface area contributed by atoms with E-state index in [0.29, 0.717) is 11.3 Å². The van der Waals surface area contributed by atoms with Gasteiger partial charge in [-0.25, -0.2) is 4.39 Å². The molecule has 1 aliphatic heterocycles. The van der Waals surface area contributed by atoms with Crippen LogP contribution in [-0.4, -0.2) is 5.97 Å². The van der Waals surface area contributed by atoms with Gasteiger partial charge < -0.3 is 14.8 Å². The molecular weight excluding hydrogens is 405 g/mol. The summed E-state index contributed by atoms with van der Waals surface area (Å²) in [7, 11) is 0. The molecule has 4 nitrogen and oxygen atoms in total. The van der Waals surface area contributed by atoms with E-state index in [0.717, 1.165) is 22.4 Å². The van der Waals surface area contributed by atoms with Gasteiger partial charge in [0.2, 0.25) is 0 Å². The highest BCUT2D eigenvalue weighted by Gasteiger charge is 2.46. The van der Waals surface area contributed by atoms with Crippen LogP contribution in [0.5, 0.6) is 5.75 Å². The molecule has 0 aromatic heterocycles. The number of hydrogen-bond donors (Lipinski definition) is 1. The van der Waals surface area contributed by atoms with E-state index in [-0.39, 0.29) is 24.4 Å². The minimum Gasteiger partial charge on any atom is -0.488 e.